The second kappa shape index (κ2) is 8.44. The maximum Gasteiger partial charge on any atom is 0.416 e. The van der Waals surface area contributed by atoms with Crippen molar-refractivity contribution in [2.24, 2.45) is 13.0 Å². The number of benzene rings is 1. The van der Waals surface area contributed by atoms with E-state index in [1.54, 1.807) is 7.05 Å². The van der Waals surface area contributed by atoms with E-state index in [2.05, 4.69) is 10.4 Å². The Morgan fingerprint density at radius 2 is 1.84 bits per heavy atom. The molecule has 172 valence electrons. The van der Waals surface area contributed by atoms with Crippen molar-refractivity contribution >= 4 is 17.5 Å². The summed E-state index contributed by atoms with van der Waals surface area (Å²) in [6.45, 7) is 0.802. The van der Waals surface area contributed by atoms with Crippen LogP contribution < -0.4 is 11.0 Å². The fraction of sp³-hybridized carbons (Fsp3) is 0.524. The van der Waals surface area contributed by atoms with E-state index in [4.69, 9.17) is 0 Å². The lowest BCUT2D eigenvalue weighted by Gasteiger charge is -2.31. The quantitative estimate of drug-likeness (QED) is 0.756. The summed E-state index contributed by atoms with van der Waals surface area (Å²) >= 11 is 0. The fourth-order valence-corrected chi connectivity index (χ4v) is 4.02. The average Bonchev–Trinajstić information content (AvgIpc) is 3.56. The third-order valence-electron chi connectivity index (χ3n) is 5.94. The predicted molar refractivity (Wildman–Crippen MR) is 109 cm³/mol. The number of halogens is 3. The molecule has 0 radical (unpaired) electrons. The topological polar surface area (TPSA) is 89.2 Å². The van der Waals surface area contributed by atoms with Gasteiger partial charge in [-0.15, -0.1) is 0 Å². The zero-order valence-corrected chi connectivity index (χ0v) is 17.6. The second-order valence-electron chi connectivity index (χ2n) is 8.36. The zero-order valence-electron chi connectivity index (χ0n) is 17.6. The monoisotopic (exact) mass is 451 g/mol. The number of aromatic nitrogens is 3. The van der Waals surface area contributed by atoms with Crippen LogP contribution in [0.3, 0.4) is 0 Å². The molecule has 4 rings (SSSR count). The summed E-state index contributed by atoms with van der Waals surface area (Å²) in [5.41, 5.74) is -1.36. The molecule has 1 saturated carbocycles. The van der Waals surface area contributed by atoms with Gasteiger partial charge in [0, 0.05) is 37.7 Å². The minimum atomic E-state index is -4.52. The van der Waals surface area contributed by atoms with E-state index in [9.17, 15) is 27.6 Å². The first-order chi connectivity index (χ1) is 15.1. The number of carbonyl (C=O) groups excluding carboxylic acids is 2. The van der Waals surface area contributed by atoms with Crippen molar-refractivity contribution in [1.29, 1.82) is 0 Å². The number of nitrogens with one attached hydrogen (secondary N) is 1. The molecule has 0 bridgehead atoms. The van der Waals surface area contributed by atoms with Gasteiger partial charge in [-0.3, -0.25) is 14.2 Å². The molecule has 2 aliphatic rings. The van der Waals surface area contributed by atoms with E-state index >= 15 is 0 Å². The summed E-state index contributed by atoms with van der Waals surface area (Å²) in [4.78, 5) is 39.0. The molecule has 11 heteroatoms. The van der Waals surface area contributed by atoms with Crippen LogP contribution in [0.25, 0.3) is 0 Å². The number of likely N-dealkylation sites (tertiary alicyclic amines) is 1. The van der Waals surface area contributed by atoms with Crippen LogP contribution in [0.5, 0.6) is 0 Å². The van der Waals surface area contributed by atoms with Gasteiger partial charge in [0.1, 0.15) is 12.4 Å². The molecule has 0 unspecified atom stereocenters. The third kappa shape index (κ3) is 4.71. The lowest BCUT2D eigenvalue weighted by Crippen LogP contribution is -2.39. The largest absolute Gasteiger partial charge is 0.416 e. The Kier molecular flexibility index (Phi) is 5.83. The standard InChI is InChI=1S/C21H24F3N5O3/c1-27-18(13-7-9-28(10-8-13)19(31)14-5-6-14)26-29(20(27)32)12-17(30)25-16-4-2-3-15(11-16)21(22,23)24/h2-4,11,13-14H,5-10,12H2,1H3,(H,25,30). The van der Waals surface area contributed by atoms with Crippen LogP contribution >= 0.6 is 0 Å². The minimum absolute atomic E-state index is 0.0104. The Morgan fingerprint density at radius 3 is 2.47 bits per heavy atom. The van der Waals surface area contributed by atoms with Gasteiger partial charge < -0.3 is 10.2 Å². The molecule has 1 N–H and O–H groups in total. The maximum atomic E-state index is 12.8. The van der Waals surface area contributed by atoms with E-state index in [0.717, 1.165) is 29.7 Å². The summed E-state index contributed by atoms with van der Waals surface area (Å²) in [6, 6.07) is 4.29. The predicted octanol–water partition coefficient (Wildman–Crippen LogP) is 2.36. The van der Waals surface area contributed by atoms with E-state index < -0.39 is 29.9 Å². The fourth-order valence-electron chi connectivity index (χ4n) is 4.02. The van der Waals surface area contributed by atoms with Crippen molar-refractivity contribution in [2.75, 3.05) is 18.4 Å². The number of anilines is 1. The highest BCUT2D eigenvalue weighted by molar-refractivity contribution is 5.90. The van der Waals surface area contributed by atoms with Gasteiger partial charge in [-0.1, -0.05) is 6.07 Å². The Hall–Kier alpha value is -3.11. The number of nitrogens with zero attached hydrogens (tertiary/aromatic N) is 4. The highest BCUT2D eigenvalue weighted by atomic mass is 19.4. The number of piperidine rings is 1. The lowest BCUT2D eigenvalue weighted by atomic mass is 9.95. The number of hydrogen-bond donors (Lipinski definition) is 1. The Labute approximate surface area is 182 Å². The average molecular weight is 451 g/mol. The van der Waals surface area contributed by atoms with E-state index in [1.807, 2.05) is 4.90 Å². The van der Waals surface area contributed by atoms with Gasteiger partial charge in [0.25, 0.3) is 0 Å². The normalized spacial score (nSPS) is 17.4. The molecule has 1 aromatic heterocycles. The molecule has 1 aliphatic heterocycles. The number of hydrogen-bond acceptors (Lipinski definition) is 4. The molecule has 1 aliphatic carbocycles. The number of amides is 2. The van der Waals surface area contributed by atoms with Gasteiger partial charge in [-0.25, -0.2) is 9.48 Å². The highest BCUT2D eigenvalue weighted by Crippen LogP contribution is 2.34. The van der Waals surface area contributed by atoms with Crippen LogP contribution in [0.1, 0.15) is 43.0 Å². The third-order valence-corrected chi connectivity index (χ3v) is 5.94. The summed E-state index contributed by atoms with van der Waals surface area (Å²) < 4.78 is 40.9. The molecular formula is C21H24F3N5O3. The van der Waals surface area contributed by atoms with Crippen molar-refractivity contribution in [1.82, 2.24) is 19.2 Å². The molecule has 0 atom stereocenters. The van der Waals surface area contributed by atoms with Crippen molar-refractivity contribution in [3.63, 3.8) is 0 Å². The number of alkyl halides is 3. The first-order valence-electron chi connectivity index (χ1n) is 10.5. The molecule has 8 nitrogen and oxygen atoms in total. The van der Waals surface area contributed by atoms with Gasteiger partial charge in [0.2, 0.25) is 11.8 Å². The molecule has 2 heterocycles. The van der Waals surface area contributed by atoms with Crippen LogP contribution in [0.15, 0.2) is 29.1 Å². The van der Waals surface area contributed by atoms with Gasteiger partial charge in [-0.05, 0) is 43.9 Å². The highest BCUT2D eigenvalue weighted by Gasteiger charge is 2.36. The van der Waals surface area contributed by atoms with Crippen molar-refractivity contribution in [3.8, 4) is 0 Å². The Balaban J connectivity index is 1.40. The molecular weight excluding hydrogens is 427 g/mol. The Morgan fingerprint density at radius 1 is 1.16 bits per heavy atom. The van der Waals surface area contributed by atoms with Crippen LogP contribution in [0, 0.1) is 5.92 Å². The van der Waals surface area contributed by atoms with Gasteiger partial charge in [-0.2, -0.15) is 18.3 Å². The molecule has 1 aromatic carbocycles. The Bertz CT molecular complexity index is 1080. The van der Waals surface area contributed by atoms with Crippen LogP contribution in [0.4, 0.5) is 18.9 Å². The first-order valence-corrected chi connectivity index (χ1v) is 10.5. The summed E-state index contributed by atoms with van der Waals surface area (Å²) in [7, 11) is 1.58. The molecule has 2 aromatic rings. The van der Waals surface area contributed by atoms with Crippen LogP contribution in [-0.2, 0) is 29.4 Å². The summed E-state index contributed by atoms with van der Waals surface area (Å²) in [5, 5.41) is 6.69. The molecule has 0 spiro atoms. The number of carbonyl (C=O) groups is 2. The van der Waals surface area contributed by atoms with Crippen molar-refractivity contribution in [2.45, 2.75) is 44.3 Å². The summed E-state index contributed by atoms with van der Waals surface area (Å²) in [6.07, 6.45) is -1.24. The molecule has 1 saturated heterocycles. The van der Waals surface area contributed by atoms with Crippen LogP contribution in [-0.4, -0.2) is 44.2 Å². The van der Waals surface area contributed by atoms with Gasteiger partial charge in [0.05, 0.1) is 5.56 Å². The van der Waals surface area contributed by atoms with Crippen molar-refractivity contribution < 1.29 is 22.8 Å². The van der Waals surface area contributed by atoms with E-state index in [-0.39, 0.29) is 23.4 Å². The van der Waals surface area contributed by atoms with E-state index in [0.29, 0.717) is 31.8 Å². The van der Waals surface area contributed by atoms with Crippen molar-refractivity contribution in [3.05, 3.63) is 46.1 Å². The molecule has 2 fully saturated rings. The summed E-state index contributed by atoms with van der Waals surface area (Å²) in [5.74, 6) is 0.254. The SMILES string of the molecule is Cn1c(C2CCN(C(=O)C3CC3)CC2)nn(CC(=O)Nc2cccc(C(F)(F)F)c2)c1=O. The zero-order chi connectivity index (χ0) is 23.0. The first kappa shape index (κ1) is 22.1. The van der Waals surface area contributed by atoms with Gasteiger partial charge >= 0.3 is 11.9 Å². The molecule has 32 heavy (non-hydrogen) atoms. The van der Waals surface area contributed by atoms with Crippen LogP contribution in [0.2, 0.25) is 0 Å². The molecule has 2 amide bonds. The maximum absolute atomic E-state index is 12.8. The smallest absolute Gasteiger partial charge is 0.342 e. The van der Waals surface area contributed by atoms with Gasteiger partial charge in [0.15, 0.2) is 0 Å². The number of rotatable bonds is 5. The van der Waals surface area contributed by atoms with E-state index in [1.165, 1.54) is 16.7 Å². The second-order valence-corrected chi connectivity index (χ2v) is 8.36. The lowest BCUT2D eigenvalue weighted by molar-refractivity contribution is -0.137. The minimum Gasteiger partial charge on any atom is -0.342 e.